The number of nitrogens with zero attached hydrogens (tertiary/aromatic N) is 4. The lowest BCUT2D eigenvalue weighted by atomic mass is 10.1. The molecule has 0 aliphatic carbocycles. The Balaban J connectivity index is 1.54. The van der Waals surface area contributed by atoms with Crippen molar-refractivity contribution in [2.45, 2.75) is 45.1 Å². The number of carboxylic acids is 1. The number of anilines is 2. The first-order chi connectivity index (χ1) is 17.5. The van der Waals surface area contributed by atoms with Crippen LogP contribution in [0.25, 0.3) is 10.9 Å². The fourth-order valence-corrected chi connectivity index (χ4v) is 4.22. The van der Waals surface area contributed by atoms with Crippen molar-refractivity contribution in [3.8, 4) is 0 Å². The zero-order valence-corrected chi connectivity index (χ0v) is 21.5. The largest absolute Gasteiger partial charge is 0.480 e. The molecule has 0 saturated heterocycles. The molecule has 3 rings (SSSR count). The maximum absolute atomic E-state index is 12.0. The summed E-state index contributed by atoms with van der Waals surface area (Å²) in [6.07, 6.45) is 5.78. The average Bonchev–Trinajstić information content (AvgIpc) is 2.91. The predicted octanol–water partition coefficient (Wildman–Crippen LogP) is 3.86. The number of carboxylic acid groups (broad SMARTS) is 1. The van der Waals surface area contributed by atoms with Crippen LogP contribution < -0.4 is 10.6 Å². The van der Waals surface area contributed by atoms with Gasteiger partial charge < -0.3 is 25.4 Å². The molecule has 0 aliphatic rings. The van der Waals surface area contributed by atoms with Gasteiger partial charge in [0.2, 0.25) is 0 Å². The normalized spacial score (nSPS) is 12.1. The highest BCUT2D eigenvalue weighted by Gasteiger charge is 2.20. The van der Waals surface area contributed by atoms with Crippen LogP contribution in [-0.2, 0) is 22.4 Å². The van der Waals surface area contributed by atoms with E-state index in [-0.39, 0.29) is 0 Å². The maximum Gasteiger partial charge on any atom is 0.326 e. The van der Waals surface area contributed by atoms with E-state index in [1.54, 1.807) is 7.11 Å². The van der Waals surface area contributed by atoms with Gasteiger partial charge in [0.05, 0.1) is 12.1 Å². The third-order valence-corrected chi connectivity index (χ3v) is 6.31. The minimum absolute atomic E-state index is 0.447. The summed E-state index contributed by atoms with van der Waals surface area (Å²) in [5.41, 5.74) is 3.09. The molecular formula is C27H38N6O3. The molecule has 0 bridgehead atoms. The van der Waals surface area contributed by atoms with E-state index in [1.807, 2.05) is 31.3 Å². The van der Waals surface area contributed by atoms with Crippen LogP contribution >= 0.6 is 0 Å². The van der Waals surface area contributed by atoms with Crippen LogP contribution in [0.2, 0.25) is 0 Å². The highest BCUT2D eigenvalue weighted by atomic mass is 16.5. The van der Waals surface area contributed by atoms with Crippen molar-refractivity contribution in [3.63, 3.8) is 0 Å². The summed E-state index contributed by atoms with van der Waals surface area (Å²) in [7, 11) is 3.59. The summed E-state index contributed by atoms with van der Waals surface area (Å²) in [4.78, 5) is 27.6. The van der Waals surface area contributed by atoms with Crippen LogP contribution in [0.15, 0.2) is 42.7 Å². The van der Waals surface area contributed by atoms with Crippen LogP contribution in [0, 0.1) is 0 Å². The molecule has 0 aliphatic heterocycles. The Kier molecular flexibility index (Phi) is 10.8. The first-order valence-corrected chi connectivity index (χ1v) is 12.6. The van der Waals surface area contributed by atoms with Crippen LogP contribution in [0.5, 0.6) is 0 Å². The summed E-state index contributed by atoms with van der Waals surface area (Å²) in [5.74, 6) is 0.602. The Morgan fingerprint density at radius 3 is 2.67 bits per heavy atom. The number of aromatic nitrogens is 3. The fourth-order valence-electron chi connectivity index (χ4n) is 4.22. The number of pyridine rings is 1. The number of nitrogens with one attached hydrogen (secondary N) is 2. The van der Waals surface area contributed by atoms with E-state index in [9.17, 15) is 9.90 Å². The quantitative estimate of drug-likeness (QED) is 0.256. The number of unbranched alkanes of at least 4 members (excludes halogenated alkanes) is 1. The van der Waals surface area contributed by atoms with Gasteiger partial charge in [-0.05, 0) is 62.4 Å². The number of hydrogen-bond acceptors (Lipinski definition) is 8. The fraction of sp³-hybridized carbons (Fsp3) is 0.481. The smallest absolute Gasteiger partial charge is 0.326 e. The highest BCUT2D eigenvalue weighted by Crippen LogP contribution is 2.20. The second kappa shape index (κ2) is 14.3. The van der Waals surface area contributed by atoms with Gasteiger partial charge in [-0.3, -0.25) is 0 Å². The standard InChI is InChI=1S/C27H38N6O3/c1-4-20-12-13-21(31-25(20)28-2)9-7-8-15-33(17-18-36-3)16-14-24(27(34)35)32-26-22-10-5-6-11-23(22)29-19-30-26/h5-6,10-13,19,24H,4,7-9,14-18H2,1-3H3,(H,28,31)(H,34,35)(H,29,30,32). The van der Waals surface area contributed by atoms with Gasteiger partial charge in [-0.25, -0.2) is 19.7 Å². The molecule has 2 aromatic heterocycles. The summed E-state index contributed by atoms with van der Waals surface area (Å²) in [6, 6.07) is 11.1. The number of methoxy groups -OCH3 is 1. The Morgan fingerprint density at radius 1 is 1.08 bits per heavy atom. The summed E-state index contributed by atoms with van der Waals surface area (Å²) >= 11 is 0. The van der Waals surface area contributed by atoms with Gasteiger partial charge in [0.25, 0.3) is 0 Å². The van der Waals surface area contributed by atoms with Crippen molar-refractivity contribution >= 4 is 28.5 Å². The maximum atomic E-state index is 12.0. The minimum Gasteiger partial charge on any atom is -0.480 e. The third kappa shape index (κ3) is 7.86. The van der Waals surface area contributed by atoms with Gasteiger partial charge >= 0.3 is 5.97 Å². The van der Waals surface area contributed by atoms with Crippen molar-refractivity contribution in [1.82, 2.24) is 19.9 Å². The van der Waals surface area contributed by atoms with Crippen molar-refractivity contribution in [3.05, 3.63) is 54.0 Å². The third-order valence-electron chi connectivity index (χ3n) is 6.31. The number of ether oxygens (including phenoxy) is 1. The number of benzene rings is 1. The number of rotatable bonds is 16. The van der Waals surface area contributed by atoms with E-state index in [1.165, 1.54) is 11.9 Å². The lowest BCUT2D eigenvalue weighted by Gasteiger charge is -2.24. The molecule has 0 fully saturated rings. The van der Waals surface area contributed by atoms with Gasteiger partial charge in [-0.2, -0.15) is 0 Å². The first-order valence-electron chi connectivity index (χ1n) is 12.6. The molecule has 36 heavy (non-hydrogen) atoms. The van der Waals surface area contributed by atoms with Crippen LogP contribution in [0.4, 0.5) is 11.6 Å². The number of fused-ring (bicyclic) bond motifs is 1. The second-order valence-corrected chi connectivity index (χ2v) is 8.77. The lowest BCUT2D eigenvalue weighted by Crippen LogP contribution is -2.37. The summed E-state index contributed by atoms with van der Waals surface area (Å²) in [6.45, 7) is 5.01. The number of para-hydroxylation sites is 1. The van der Waals surface area contributed by atoms with E-state index >= 15 is 0 Å². The van der Waals surface area contributed by atoms with Gasteiger partial charge in [-0.15, -0.1) is 0 Å². The van der Waals surface area contributed by atoms with Gasteiger partial charge in [0.1, 0.15) is 24.0 Å². The molecule has 194 valence electrons. The first kappa shape index (κ1) is 27.3. The van der Waals surface area contributed by atoms with E-state index in [0.29, 0.717) is 25.4 Å². The molecule has 3 N–H and O–H groups in total. The Hall–Kier alpha value is -3.30. The summed E-state index contributed by atoms with van der Waals surface area (Å²) < 4.78 is 5.29. The minimum atomic E-state index is -0.897. The molecule has 0 spiro atoms. The number of aliphatic carboxylic acids is 1. The zero-order valence-electron chi connectivity index (χ0n) is 21.5. The van der Waals surface area contributed by atoms with Crippen molar-refractivity contribution in [2.24, 2.45) is 0 Å². The second-order valence-electron chi connectivity index (χ2n) is 8.77. The Bertz CT molecular complexity index is 1100. The SMILES string of the molecule is CCc1ccc(CCCCN(CCOC)CCC(Nc2ncnc3ccccc23)C(=O)O)nc1NC. The number of aryl methyl sites for hydroxylation is 2. The van der Waals surface area contributed by atoms with Crippen LogP contribution in [-0.4, -0.2) is 77.4 Å². The van der Waals surface area contributed by atoms with E-state index in [2.05, 4.69) is 44.6 Å². The molecule has 0 radical (unpaired) electrons. The van der Waals surface area contributed by atoms with Gasteiger partial charge in [0.15, 0.2) is 0 Å². The van der Waals surface area contributed by atoms with E-state index in [0.717, 1.165) is 61.2 Å². The molecule has 0 amide bonds. The van der Waals surface area contributed by atoms with E-state index in [4.69, 9.17) is 9.72 Å². The van der Waals surface area contributed by atoms with Gasteiger partial charge in [-0.1, -0.05) is 25.1 Å². The average molecular weight is 495 g/mol. The Morgan fingerprint density at radius 2 is 1.92 bits per heavy atom. The highest BCUT2D eigenvalue weighted by molar-refractivity contribution is 5.90. The summed E-state index contributed by atoms with van der Waals surface area (Å²) in [5, 5.41) is 17.0. The van der Waals surface area contributed by atoms with Gasteiger partial charge in [0, 0.05) is 38.3 Å². The van der Waals surface area contributed by atoms with Crippen molar-refractivity contribution < 1.29 is 14.6 Å². The molecular weight excluding hydrogens is 456 g/mol. The number of hydrogen-bond donors (Lipinski definition) is 3. The van der Waals surface area contributed by atoms with Crippen LogP contribution in [0.3, 0.4) is 0 Å². The molecule has 9 nitrogen and oxygen atoms in total. The molecule has 1 aromatic carbocycles. The monoisotopic (exact) mass is 494 g/mol. The van der Waals surface area contributed by atoms with Crippen LogP contribution in [0.1, 0.15) is 37.4 Å². The molecule has 3 aromatic rings. The molecule has 2 heterocycles. The zero-order chi connectivity index (χ0) is 25.8. The Labute approximate surface area is 213 Å². The topological polar surface area (TPSA) is 112 Å². The molecule has 1 atom stereocenters. The number of carbonyl (C=O) groups is 1. The molecule has 0 saturated carbocycles. The van der Waals surface area contributed by atoms with Crippen molar-refractivity contribution in [2.75, 3.05) is 51.0 Å². The lowest BCUT2D eigenvalue weighted by molar-refractivity contribution is -0.138. The molecule has 1 unspecified atom stereocenters. The van der Waals surface area contributed by atoms with E-state index < -0.39 is 12.0 Å². The molecule has 9 heteroatoms. The predicted molar refractivity (Wildman–Crippen MR) is 144 cm³/mol. The van der Waals surface area contributed by atoms with Crippen molar-refractivity contribution in [1.29, 1.82) is 0 Å².